The molecule has 0 radical (unpaired) electrons. The summed E-state index contributed by atoms with van der Waals surface area (Å²) < 4.78 is 1.90. The number of aryl methyl sites for hydroxylation is 1. The third-order valence-corrected chi connectivity index (χ3v) is 3.37. The van der Waals surface area contributed by atoms with Gasteiger partial charge in [-0.15, -0.1) is 0 Å². The molecule has 4 heteroatoms. The fourth-order valence-electron chi connectivity index (χ4n) is 2.33. The molecule has 0 spiro atoms. The molecule has 1 rings (SSSR count). The van der Waals surface area contributed by atoms with Gasteiger partial charge < -0.3 is 15.6 Å². The van der Waals surface area contributed by atoms with Crippen LogP contribution in [0.2, 0.25) is 0 Å². The Kier molecular flexibility index (Phi) is 6.46. The van der Waals surface area contributed by atoms with E-state index in [2.05, 4.69) is 19.2 Å². The third kappa shape index (κ3) is 4.62. The van der Waals surface area contributed by atoms with Crippen LogP contribution >= 0.6 is 0 Å². The van der Waals surface area contributed by atoms with E-state index in [-0.39, 0.29) is 11.9 Å². The Hall–Kier alpha value is -1.45. The van der Waals surface area contributed by atoms with Crippen molar-refractivity contribution in [3.8, 4) is 0 Å². The van der Waals surface area contributed by atoms with Crippen molar-refractivity contribution in [3.63, 3.8) is 0 Å². The summed E-state index contributed by atoms with van der Waals surface area (Å²) in [6.07, 6.45) is 7.31. The minimum absolute atomic E-state index is 0.00639. The average molecular weight is 265 g/mol. The van der Waals surface area contributed by atoms with Crippen LogP contribution in [0, 0.1) is 0 Å². The highest BCUT2D eigenvalue weighted by atomic mass is 16.2. The van der Waals surface area contributed by atoms with Gasteiger partial charge in [-0.1, -0.05) is 33.1 Å². The molecule has 4 nitrogen and oxygen atoms in total. The average Bonchev–Trinajstić information content (AvgIpc) is 2.77. The summed E-state index contributed by atoms with van der Waals surface area (Å²) in [6, 6.07) is 2.03. The number of aromatic nitrogens is 1. The molecule has 3 N–H and O–H groups in total. The second kappa shape index (κ2) is 7.87. The number of anilines is 1. The zero-order valence-electron chi connectivity index (χ0n) is 12.4. The molecule has 1 amide bonds. The molecular formula is C15H27N3O. The Morgan fingerprint density at radius 1 is 1.32 bits per heavy atom. The number of nitrogens with one attached hydrogen (secondary N) is 1. The second-order valence-electron chi connectivity index (χ2n) is 5.05. The van der Waals surface area contributed by atoms with E-state index >= 15 is 0 Å². The Morgan fingerprint density at radius 3 is 2.63 bits per heavy atom. The van der Waals surface area contributed by atoms with Crippen LogP contribution in [0.5, 0.6) is 0 Å². The van der Waals surface area contributed by atoms with E-state index in [1.54, 1.807) is 6.07 Å². The summed E-state index contributed by atoms with van der Waals surface area (Å²) in [6.45, 7) is 7.09. The predicted octanol–water partition coefficient (Wildman–Crippen LogP) is 3.18. The lowest BCUT2D eigenvalue weighted by molar-refractivity contribution is 0.0923. The van der Waals surface area contributed by atoms with E-state index in [1.165, 1.54) is 0 Å². The number of hydrogen-bond donors (Lipinski definition) is 2. The highest BCUT2D eigenvalue weighted by Gasteiger charge is 2.16. The van der Waals surface area contributed by atoms with Crippen LogP contribution < -0.4 is 11.1 Å². The van der Waals surface area contributed by atoms with Gasteiger partial charge in [0.05, 0.1) is 5.69 Å². The summed E-state index contributed by atoms with van der Waals surface area (Å²) in [5.41, 5.74) is 7.07. The molecule has 0 bridgehead atoms. The molecule has 0 aliphatic heterocycles. The molecule has 0 saturated carbocycles. The monoisotopic (exact) mass is 265 g/mol. The van der Waals surface area contributed by atoms with Gasteiger partial charge in [-0.2, -0.15) is 0 Å². The molecule has 0 fully saturated rings. The Bertz CT molecular complexity index is 398. The van der Waals surface area contributed by atoms with Gasteiger partial charge in [0, 0.05) is 18.8 Å². The molecule has 1 aromatic heterocycles. The Balaban J connectivity index is 2.69. The Morgan fingerprint density at radius 2 is 2.05 bits per heavy atom. The zero-order valence-corrected chi connectivity index (χ0v) is 12.4. The molecule has 0 aromatic carbocycles. The summed E-state index contributed by atoms with van der Waals surface area (Å²) >= 11 is 0. The van der Waals surface area contributed by atoms with E-state index in [1.807, 2.05) is 17.7 Å². The fraction of sp³-hybridized carbons (Fsp3) is 0.667. The number of nitrogens with two attached hydrogens (primary N) is 1. The molecule has 1 unspecified atom stereocenters. The molecule has 1 atom stereocenters. The van der Waals surface area contributed by atoms with Crippen molar-refractivity contribution in [1.29, 1.82) is 0 Å². The summed E-state index contributed by atoms with van der Waals surface area (Å²) in [4.78, 5) is 12.3. The largest absolute Gasteiger partial charge is 0.397 e. The van der Waals surface area contributed by atoms with Crippen molar-refractivity contribution in [2.24, 2.45) is 0 Å². The molecule has 1 aromatic rings. The lowest BCUT2D eigenvalue weighted by Gasteiger charge is -2.18. The van der Waals surface area contributed by atoms with Crippen molar-refractivity contribution in [3.05, 3.63) is 18.0 Å². The van der Waals surface area contributed by atoms with Crippen LogP contribution in [0.15, 0.2) is 12.3 Å². The number of hydrogen-bond acceptors (Lipinski definition) is 2. The summed E-state index contributed by atoms with van der Waals surface area (Å²) in [7, 11) is 0. The van der Waals surface area contributed by atoms with Gasteiger partial charge in [0.15, 0.2) is 0 Å². The van der Waals surface area contributed by atoms with Crippen molar-refractivity contribution < 1.29 is 4.79 Å². The number of nitrogen functional groups attached to an aromatic ring is 1. The first kappa shape index (κ1) is 15.6. The Labute approximate surface area is 116 Å². The van der Waals surface area contributed by atoms with Gasteiger partial charge in [0.2, 0.25) is 0 Å². The SMILES string of the molecule is CCCCC(CCC)NC(=O)c1cc(N)cn1CC. The van der Waals surface area contributed by atoms with Crippen molar-refractivity contribution >= 4 is 11.6 Å². The molecule has 0 saturated heterocycles. The minimum atomic E-state index is -0.00639. The van der Waals surface area contributed by atoms with E-state index in [9.17, 15) is 4.79 Å². The van der Waals surface area contributed by atoms with Crippen LogP contribution in [0.25, 0.3) is 0 Å². The highest BCUT2D eigenvalue weighted by molar-refractivity contribution is 5.94. The van der Waals surface area contributed by atoms with Gasteiger partial charge in [0.25, 0.3) is 5.91 Å². The lowest BCUT2D eigenvalue weighted by atomic mass is 10.1. The van der Waals surface area contributed by atoms with Gasteiger partial charge in [-0.3, -0.25) is 4.79 Å². The maximum Gasteiger partial charge on any atom is 0.268 e. The van der Waals surface area contributed by atoms with Gasteiger partial charge in [-0.25, -0.2) is 0 Å². The predicted molar refractivity (Wildman–Crippen MR) is 80.2 cm³/mol. The van der Waals surface area contributed by atoms with Gasteiger partial charge in [-0.05, 0) is 25.8 Å². The van der Waals surface area contributed by atoms with E-state index in [0.717, 1.165) is 38.6 Å². The molecule has 0 aliphatic rings. The maximum absolute atomic E-state index is 12.3. The van der Waals surface area contributed by atoms with Crippen LogP contribution in [0.4, 0.5) is 5.69 Å². The second-order valence-corrected chi connectivity index (χ2v) is 5.05. The molecule has 19 heavy (non-hydrogen) atoms. The minimum Gasteiger partial charge on any atom is -0.397 e. The molecule has 0 aliphatic carbocycles. The zero-order chi connectivity index (χ0) is 14.3. The number of unbranched alkanes of at least 4 members (excludes halogenated alkanes) is 1. The first-order valence-electron chi connectivity index (χ1n) is 7.38. The van der Waals surface area contributed by atoms with Crippen molar-refractivity contribution in [2.75, 3.05) is 5.73 Å². The third-order valence-electron chi connectivity index (χ3n) is 3.37. The molecule has 1 heterocycles. The van der Waals surface area contributed by atoms with Gasteiger partial charge in [0.1, 0.15) is 5.69 Å². The van der Waals surface area contributed by atoms with Gasteiger partial charge >= 0.3 is 0 Å². The highest BCUT2D eigenvalue weighted by Crippen LogP contribution is 2.13. The number of nitrogens with zero attached hydrogens (tertiary/aromatic N) is 1. The van der Waals surface area contributed by atoms with E-state index in [4.69, 9.17) is 5.73 Å². The lowest BCUT2D eigenvalue weighted by Crippen LogP contribution is -2.35. The summed E-state index contributed by atoms with van der Waals surface area (Å²) in [5, 5.41) is 3.14. The summed E-state index contributed by atoms with van der Waals surface area (Å²) in [5.74, 6) is -0.00639. The number of rotatable bonds is 8. The topological polar surface area (TPSA) is 60.1 Å². The quantitative estimate of drug-likeness (QED) is 0.758. The standard InChI is InChI=1S/C15H27N3O/c1-4-7-9-13(8-5-2)17-15(19)14-10-12(16)11-18(14)6-3/h10-11,13H,4-9,16H2,1-3H3,(H,17,19). The van der Waals surface area contributed by atoms with Crippen LogP contribution in [-0.2, 0) is 6.54 Å². The molecule has 108 valence electrons. The van der Waals surface area contributed by atoms with Crippen LogP contribution in [0.1, 0.15) is 63.4 Å². The van der Waals surface area contributed by atoms with Crippen molar-refractivity contribution in [2.45, 2.75) is 65.5 Å². The number of carbonyl (C=O) groups excluding carboxylic acids is 1. The maximum atomic E-state index is 12.3. The van der Waals surface area contributed by atoms with Crippen molar-refractivity contribution in [1.82, 2.24) is 9.88 Å². The van der Waals surface area contributed by atoms with E-state index < -0.39 is 0 Å². The number of amides is 1. The first-order chi connectivity index (χ1) is 9.12. The smallest absolute Gasteiger partial charge is 0.268 e. The number of carbonyl (C=O) groups is 1. The molecular weight excluding hydrogens is 238 g/mol. The fourth-order valence-corrected chi connectivity index (χ4v) is 2.33. The first-order valence-corrected chi connectivity index (χ1v) is 7.38. The van der Waals surface area contributed by atoms with Crippen LogP contribution in [-0.4, -0.2) is 16.5 Å². The normalized spacial score (nSPS) is 12.4. The van der Waals surface area contributed by atoms with E-state index in [0.29, 0.717) is 11.4 Å². The van der Waals surface area contributed by atoms with Crippen LogP contribution in [0.3, 0.4) is 0 Å².